The van der Waals surface area contributed by atoms with Crippen LogP contribution in [0, 0.1) is 12.7 Å². The molecule has 5 heteroatoms. The van der Waals surface area contributed by atoms with E-state index in [1.165, 1.54) is 37.4 Å². The Morgan fingerprint density at radius 1 is 1.33 bits per heavy atom. The maximum absolute atomic E-state index is 13.9. The van der Waals surface area contributed by atoms with Crippen molar-refractivity contribution in [2.75, 3.05) is 0 Å². The topological polar surface area (TPSA) is 50.2 Å². The van der Waals surface area contributed by atoms with Crippen molar-refractivity contribution in [1.29, 1.82) is 0 Å². The molecule has 0 aliphatic carbocycles. The number of aryl methyl sites for hydroxylation is 1. The van der Waals surface area contributed by atoms with E-state index in [0.717, 1.165) is 0 Å². The summed E-state index contributed by atoms with van der Waals surface area (Å²) < 4.78 is 13.9. The molecule has 0 spiro atoms. The van der Waals surface area contributed by atoms with E-state index >= 15 is 0 Å². The molecule has 0 aliphatic heterocycles. The quantitative estimate of drug-likeness (QED) is 0.903. The van der Waals surface area contributed by atoms with Gasteiger partial charge in [-0.05, 0) is 30.7 Å². The number of benzene rings is 1. The second-order valence-electron chi connectivity index (χ2n) is 3.75. The standard InChI is InChI=1S/C13H9ClFNO2/c1-7-12(15)10(4-5-16-7)9-3-2-8(14)6-11(9)13(17)18/h2-6H,1H3,(H,17,18). The molecule has 0 amide bonds. The van der Waals surface area contributed by atoms with Crippen LogP contribution in [0.25, 0.3) is 11.1 Å². The smallest absolute Gasteiger partial charge is 0.336 e. The fourth-order valence-corrected chi connectivity index (χ4v) is 1.86. The van der Waals surface area contributed by atoms with Gasteiger partial charge in [0.2, 0.25) is 0 Å². The zero-order valence-corrected chi connectivity index (χ0v) is 10.2. The van der Waals surface area contributed by atoms with E-state index in [1.807, 2.05) is 0 Å². The Bertz CT molecular complexity index is 628. The third kappa shape index (κ3) is 2.19. The molecule has 18 heavy (non-hydrogen) atoms. The van der Waals surface area contributed by atoms with Gasteiger partial charge in [-0.25, -0.2) is 9.18 Å². The molecule has 0 aliphatic rings. The molecule has 1 N–H and O–H groups in total. The molecular weight excluding hydrogens is 257 g/mol. The normalized spacial score (nSPS) is 10.4. The van der Waals surface area contributed by atoms with Crippen molar-refractivity contribution < 1.29 is 14.3 Å². The lowest BCUT2D eigenvalue weighted by atomic mass is 9.99. The van der Waals surface area contributed by atoms with Crippen molar-refractivity contribution in [3.63, 3.8) is 0 Å². The zero-order chi connectivity index (χ0) is 13.3. The summed E-state index contributed by atoms with van der Waals surface area (Å²) in [6.45, 7) is 1.52. The molecule has 0 unspecified atom stereocenters. The van der Waals surface area contributed by atoms with Gasteiger partial charge in [-0.2, -0.15) is 0 Å². The van der Waals surface area contributed by atoms with Gasteiger partial charge >= 0.3 is 5.97 Å². The minimum atomic E-state index is -1.15. The molecule has 0 atom stereocenters. The molecule has 0 bridgehead atoms. The number of rotatable bonds is 2. The van der Waals surface area contributed by atoms with E-state index in [9.17, 15) is 9.18 Å². The Kier molecular flexibility index (Phi) is 3.30. The van der Waals surface area contributed by atoms with Crippen LogP contribution < -0.4 is 0 Å². The first-order valence-corrected chi connectivity index (χ1v) is 5.53. The zero-order valence-electron chi connectivity index (χ0n) is 9.45. The molecule has 1 heterocycles. The fourth-order valence-electron chi connectivity index (χ4n) is 1.68. The summed E-state index contributed by atoms with van der Waals surface area (Å²) in [5, 5.41) is 9.41. The minimum Gasteiger partial charge on any atom is -0.478 e. The van der Waals surface area contributed by atoms with Crippen LogP contribution in [0.15, 0.2) is 30.5 Å². The van der Waals surface area contributed by atoms with Gasteiger partial charge in [0.15, 0.2) is 5.82 Å². The number of halogens is 2. The summed E-state index contributed by atoms with van der Waals surface area (Å²) in [7, 11) is 0. The lowest BCUT2D eigenvalue weighted by Gasteiger charge is -2.09. The highest BCUT2D eigenvalue weighted by Gasteiger charge is 2.16. The second-order valence-corrected chi connectivity index (χ2v) is 4.19. The molecule has 2 aromatic rings. The van der Waals surface area contributed by atoms with Crippen molar-refractivity contribution >= 4 is 17.6 Å². The summed E-state index contributed by atoms with van der Waals surface area (Å²) in [5.74, 6) is -1.68. The average molecular weight is 266 g/mol. The van der Waals surface area contributed by atoms with Gasteiger partial charge < -0.3 is 5.11 Å². The lowest BCUT2D eigenvalue weighted by Crippen LogP contribution is -2.01. The van der Waals surface area contributed by atoms with Crippen molar-refractivity contribution in [3.8, 4) is 11.1 Å². The fraction of sp³-hybridized carbons (Fsp3) is 0.0769. The number of carboxylic acid groups (broad SMARTS) is 1. The van der Waals surface area contributed by atoms with E-state index < -0.39 is 11.8 Å². The maximum Gasteiger partial charge on any atom is 0.336 e. The van der Waals surface area contributed by atoms with E-state index in [-0.39, 0.29) is 22.4 Å². The van der Waals surface area contributed by atoms with Gasteiger partial charge in [0, 0.05) is 16.8 Å². The van der Waals surface area contributed by atoms with Crippen molar-refractivity contribution in [2.45, 2.75) is 6.92 Å². The van der Waals surface area contributed by atoms with Gasteiger partial charge in [0.1, 0.15) is 0 Å². The number of carbonyl (C=O) groups is 1. The van der Waals surface area contributed by atoms with E-state index in [1.54, 1.807) is 0 Å². The van der Waals surface area contributed by atoms with Crippen molar-refractivity contribution in [2.24, 2.45) is 0 Å². The Balaban J connectivity index is 2.71. The number of aromatic carboxylic acids is 1. The minimum absolute atomic E-state index is 0.0352. The van der Waals surface area contributed by atoms with Crippen LogP contribution in [0.4, 0.5) is 4.39 Å². The summed E-state index contributed by atoms with van der Waals surface area (Å²) >= 11 is 5.75. The molecule has 1 aromatic heterocycles. The van der Waals surface area contributed by atoms with Gasteiger partial charge in [-0.1, -0.05) is 17.7 Å². The molecule has 0 saturated heterocycles. The first-order chi connectivity index (χ1) is 8.50. The highest BCUT2D eigenvalue weighted by atomic mass is 35.5. The molecule has 1 aromatic carbocycles. The Morgan fingerprint density at radius 2 is 2.06 bits per heavy atom. The first kappa shape index (κ1) is 12.5. The summed E-state index contributed by atoms with van der Waals surface area (Å²) in [5.41, 5.74) is 0.678. The van der Waals surface area contributed by atoms with Crippen LogP contribution in [0.5, 0.6) is 0 Å². The highest BCUT2D eigenvalue weighted by Crippen LogP contribution is 2.29. The van der Waals surface area contributed by atoms with Crippen LogP contribution in [0.1, 0.15) is 16.1 Å². The molecule has 0 fully saturated rings. The number of carboxylic acids is 1. The molecule has 92 valence electrons. The molecule has 0 radical (unpaired) electrons. The van der Waals surface area contributed by atoms with E-state index in [4.69, 9.17) is 16.7 Å². The first-order valence-electron chi connectivity index (χ1n) is 5.15. The van der Waals surface area contributed by atoms with Crippen molar-refractivity contribution in [3.05, 3.63) is 52.6 Å². The maximum atomic E-state index is 13.9. The predicted octanol–water partition coefficient (Wildman–Crippen LogP) is 3.55. The molecule has 2 rings (SSSR count). The van der Waals surface area contributed by atoms with Crippen LogP contribution in [0.3, 0.4) is 0 Å². The summed E-state index contributed by atoms with van der Waals surface area (Å²) in [4.78, 5) is 15.0. The number of aromatic nitrogens is 1. The molecular formula is C13H9ClFNO2. The number of hydrogen-bond donors (Lipinski definition) is 1. The number of nitrogens with zero attached hydrogens (tertiary/aromatic N) is 1. The van der Waals surface area contributed by atoms with Gasteiger partial charge in [-0.15, -0.1) is 0 Å². The van der Waals surface area contributed by atoms with Crippen LogP contribution in [0.2, 0.25) is 5.02 Å². The Morgan fingerprint density at radius 3 is 2.72 bits per heavy atom. The third-order valence-electron chi connectivity index (χ3n) is 2.57. The van der Waals surface area contributed by atoms with Gasteiger partial charge in [0.05, 0.1) is 11.3 Å². The summed E-state index contributed by atoms with van der Waals surface area (Å²) in [6, 6.07) is 5.76. The van der Waals surface area contributed by atoms with Crippen molar-refractivity contribution in [1.82, 2.24) is 4.98 Å². The van der Waals surface area contributed by atoms with E-state index in [2.05, 4.69) is 4.98 Å². The van der Waals surface area contributed by atoms with E-state index in [0.29, 0.717) is 5.02 Å². The Hall–Kier alpha value is -1.94. The average Bonchev–Trinajstić information content (AvgIpc) is 2.33. The Labute approximate surface area is 108 Å². The number of pyridine rings is 1. The predicted molar refractivity (Wildman–Crippen MR) is 66.3 cm³/mol. The highest BCUT2D eigenvalue weighted by molar-refractivity contribution is 6.31. The molecule has 3 nitrogen and oxygen atoms in total. The van der Waals surface area contributed by atoms with Crippen LogP contribution in [-0.4, -0.2) is 16.1 Å². The molecule has 0 saturated carbocycles. The number of hydrogen-bond acceptors (Lipinski definition) is 2. The van der Waals surface area contributed by atoms with Gasteiger partial charge in [-0.3, -0.25) is 4.98 Å². The summed E-state index contributed by atoms with van der Waals surface area (Å²) in [6.07, 6.45) is 1.44. The van der Waals surface area contributed by atoms with Crippen LogP contribution >= 0.6 is 11.6 Å². The largest absolute Gasteiger partial charge is 0.478 e. The monoisotopic (exact) mass is 265 g/mol. The lowest BCUT2D eigenvalue weighted by molar-refractivity contribution is 0.0697. The van der Waals surface area contributed by atoms with Crippen LogP contribution in [-0.2, 0) is 0 Å². The van der Waals surface area contributed by atoms with Gasteiger partial charge in [0.25, 0.3) is 0 Å². The second kappa shape index (κ2) is 4.74. The third-order valence-corrected chi connectivity index (χ3v) is 2.80. The SMILES string of the molecule is Cc1nccc(-c2ccc(Cl)cc2C(=O)O)c1F.